The zero-order valence-electron chi connectivity index (χ0n) is 9.67. The van der Waals surface area contributed by atoms with E-state index in [1.165, 1.54) is 0 Å². The Hall–Kier alpha value is -1.46. The van der Waals surface area contributed by atoms with Crippen molar-refractivity contribution in [3.05, 3.63) is 11.7 Å². The monoisotopic (exact) mass is 258 g/mol. The number of nitriles is 1. The Bertz CT molecular complexity index is 503. The van der Waals surface area contributed by atoms with E-state index < -0.39 is 15.3 Å². The number of nitrogens with zero attached hydrogens (tertiary/aromatic N) is 3. The Kier molecular flexibility index (Phi) is 4.60. The van der Waals surface area contributed by atoms with Gasteiger partial charge in [-0.15, -0.1) is 0 Å². The van der Waals surface area contributed by atoms with Gasteiger partial charge in [0.05, 0.1) is 6.07 Å². The number of nitrogens with one attached hydrogen (secondary N) is 1. The van der Waals surface area contributed by atoms with Gasteiger partial charge in [0.2, 0.25) is 15.9 Å². The van der Waals surface area contributed by atoms with E-state index in [9.17, 15) is 8.42 Å². The molecule has 0 bridgehead atoms. The first-order chi connectivity index (χ1) is 7.99. The van der Waals surface area contributed by atoms with E-state index in [0.29, 0.717) is 18.1 Å². The second-order valence-corrected chi connectivity index (χ2v) is 5.40. The zero-order valence-corrected chi connectivity index (χ0v) is 10.5. The Morgan fingerprint density at radius 3 is 2.76 bits per heavy atom. The fourth-order valence-electron chi connectivity index (χ4n) is 1.22. The fraction of sp³-hybridized carbons (Fsp3) is 0.667. The minimum absolute atomic E-state index is 0.141. The molecule has 0 radical (unpaired) electrons. The maximum atomic E-state index is 11.6. The average Bonchev–Trinajstić information content (AvgIpc) is 2.65. The summed E-state index contributed by atoms with van der Waals surface area (Å²) in [6.45, 7) is 3.47. The van der Waals surface area contributed by atoms with E-state index in [0.717, 1.165) is 0 Å². The highest BCUT2D eigenvalue weighted by atomic mass is 32.2. The summed E-state index contributed by atoms with van der Waals surface area (Å²) in [5.74, 6) is 0.876. The van der Waals surface area contributed by atoms with E-state index in [2.05, 4.69) is 14.9 Å². The Balaban J connectivity index is 2.49. The molecule has 0 spiro atoms. The van der Waals surface area contributed by atoms with Crippen molar-refractivity contribution in [2.45, 2.75) is 31.9 Å². The van der Waals surface area contributed by atoms with Crippen LogP contribution in [-0.4, -0.2) is 30.4 Å². The summed E-state index contributed by atoms with van der Waals surface area (Å²) < 4.78 is 30.3. The lowest BCUT2D eigenvalue weighted by atomic mass is 10.4. The van der Waals surface area contributed by atoms with Crippen LogP contribution in [0.5, 0.6) is 0 Å². The highest BCUT2D eigenvalue weighted by Crippen LogP contribution is 2.03. The molecule has 0 saturated heterocycles. The van der Waals surface area contributed by atoms with Crippen molar-refractivity contribution in [1.29, 1.82) is 5.26 Å². The van der Waals surface area contributed by atoms with Gasteiger partial charge in [-0.25, -0.2) is 13.1 Å². The quantitative estimate of drug-likeness (QED) is 0.777. The Labute approximate surface area is 99.9 Å². The summed E-state index contributed by atoms with van der Waals surface area (Å²) in [5, 5.41) is 11.2. The normalized spacial score (nSPS) is 13.2. The maximum Gasteiger partial charge on any atom is 0.227 e. The molecule has 1 rings (SSSR count). The molecule has 1 aromatic heterocycles. The van der Waals surface area contributed by atoms with Crippen LogP contribution in [0.1, 0.15) is 25.1 Å². The summed E-state index contributed by atoms with van der Waals surface area (Å²) in [6, 6.07) is 1.74. The van der Waals surface area contributed by atoms with Crippen molar-refractivity contribution in [2.24, 2.45) is 0 Å². The molecule has 8 heteroatoms. The van der Waals surface area contributed by atoms with Gasteiger partial charge in [0.1, 0.15) is 0 Å². The van der Waals surface area contributed by atoms with Gasteiger partial charge in [-0.3, -0.25) is 0 Å². The standard InChI is InChI=1S/C9H14N4O3S/c1-3-8(6-10)17(14,15)11-5-4-9-12-7(2)13-16-9/h8,11H,3-5H2,1-2H3. The van der Waals surface area contributed by atoms with Crippen molar-refractivity contribution < 1.29 is 12.9 Å². The molecule has 7 nitrogen and oxygen atoms in total. The molecule has 0 aliphatic rings. The molecule has 1 N–H and O–H groups in total. The topological polar surface area (TPSA) is 109 Å². The molecule has 17 heavy (non-hydrogen) atoms. The van der Waals surface area contributed by atoms with Crippen LogP contribution in [-0.2, 0) is 16.4 Å². The van der Waals surface area contributed by atoms with Gasteiger partial charge in [-0.05, 0) is 13.3 Å². The average molecular weight is 258 g/mol. The van der Waals surface area contributed by atoms with Crippen LogP contribution < -0.4 is 4.72 Å². The van der Waals surface area contributed by atoms with Gasteiger partial charge in [0.25, 0.3) is 0 Å². The van der Waals surface area contributed by atoms with Crippen LogP contribution in [0.25, 0.3) is 0 Å². The number of aryl methyl sites for hydroxylation is 1. The van der Waals surface area contributed by atoms with Crippen molar-refractivity contribution in [2.75, 3.05) is 6.54 Å². The van der Waals surface area contributed by atoms with Crippen LogP contribution in [0.2, 0.25) is 0 Å². The van der Waals surface area contributed by atoms with E-state index >= 15 is 0 Å². The molecular weight excluding hydrogens is 244 g/mol. The molecule has 94 valence electrons. The van der Waals surface area contributed by atoms with Gasteiger partial charge in [-0.2, -0.15) is 10.2 Å². The molecule has 0 fully saturated rings. The first kappa shape index (κ1) is 13.6. The highest BCUT2D eigenvalue weighted by molar-refractivity contribution is 7.90. The van der Waals surface area contributed by atoms with Crippen molar-refractivity contribution in [3.8, 4) is 6.07 Å². The second kappa shape index (κ2) is 5.75. The first-order valence-electron chi connectivity index (χ1n) is 5.17. The number of hydrogen-bond donors (Lipinski definition) is 1. The third-order valence-electron chi connectivity index (χ3n) is 2.10. The molecule has 1 aromatic rings. The number of hydrogen-bond acceptors (Lipinski definition) is 6. The zero-order chi connectivity index (χ0) is 12.9. The van der Waals surface area contributed by atoms with Gasteiger partial charge < -0.3 is 4.52 Å². The van der Waals surface area contributed by atoms with Crippen molar-refractivity contribution in [1.82, 2.24) is 14.9 Å². The van der Waals surface area contributed by atoms with E-state index in [1.807, 2.05) is 0 Å². The summed E-state index contributed by atoms with van der Waals surface area (Å²) >= 11 is 0. The van der Waals surface area contributed by atoms with Crippen LogP contribution in [0.4, 0.5) is 0 Å². The van der Waals surface area contributed by atoms with E-state index in [4.69, 9.17) is 9.78 Å². The predicted octanol–water partition coefficient (Wildman–Crippen LogP) is 0.142. The summed E-state index contributed by atoms with van der Waals surface area (Å²) in [6.07, 6.45) is 0.563. The first-order valence-corrected chi connectivity index (χ1v) is 6.71. The highest BCUT2D eigenvalue weighted by Gasteiger charge is 2.22. The maximum absolute atomic E-state index is 11.6. The van der Waals surface area contributed by atoms with Gasteiger partial charge >= 0.3 is 0 Å². The van der Waals surface area contributed by atoms with Crippen LogP contribution >= 0.6 is 0 Å². The van der Waals surface area contributed by atoms with Crippen LogP contribution in [0.15, 0.2) is 4.52 Å². The number of rotatable bonds is 6. The molecule has 0 aliphatic heterocycles. The van der Waals surface area contributed by atoms with Crippen molar-refractivity contribution in [3.63, 3.8) is 0 Å². The largest absolute Gasteiger partial charge is 0.339 e. The van der Waals surface area contributed by atoms with Crippen LogP contribution in [0, 0.1) is 18.3 Å². The molecule has 1 heterocycles. The lowest BCUT2D eigenvalue weighted by Crippen LogP contribution is -2.34. The summed E-state index contributed by atoms with van der Waals surface area (Å²) in [7, 11) is -3.59. The van der Waals surface area contributed by atoms with E-state index in [-0.39, 0.29) is 13.0 Å². The fourth-order valence-corrected chi connectivity index (χ4v) is 2.39. The molecule has 0 aromatic carbocycles. The van der Waals surface area contributed by atoms with Gasteiger partial charge in [0, 0.05) is 13.0 Å². The predicted molar refractivity (Wildman–Crippen MR) is 59.4 cm³/mol. The number of sulfonamides is 1. The van der Waals surface area contributed by atoms with Crippen molar-refractivity contribution >= 4 is 10.0 Å². The van der Waals surface area contributed by atoms with E-state index in [1.54, 1.807) is 19.9 Å². The SMILES string of the molecule is CCC(C#N)S(=O)(=O)NCCc1nc(C)no1. The second-order valence-electron chi connectivity index (χ2n) is 3.45. The molecular formula is C9H14N4O3S. The lowest BCUT2D eigenvalue weighted by molar-refractivity contribution is 0.374. The molecule has 1 atom stereocenters. The smallest absolute Gasteiger partial charge is 0.227 e. The summed E-state index contributed by atoms with van der Waals surface area (Å²) in [5.41, 5.74) is 0. The third kappa shape index (κ3) is 3.80. The molecule has 0 saturated carbocycles. The molecule has 1 unspecified atom stereocenters. The number of aromatic nitrogens is 2. The molecule has 0 amide bonds. The summed E-state index contributed by atoms with van der Waals surface area (Å²) in [4.78, 5) is 3.94. The van der Waals surface area contributed by atoms with Crippen LogP contribution in [0.3, 0.4) is 0 Å². The molecule has 0 aliphatic carbocycles. The third-order valence-corrected chi connectivity index (χ3v) is 3.90. The Morgan fingerprint density at radius 1 is 1.59 bits per heavy atom. The minimum atomic E-state index is -3.59. The lowest BCUT2D eigenvalue weighted by Gasteiger charge is -2.08. The Morgan fingerprint density at radius 2 is 2.29 bits per heavy atom. The minimum Gasteiger partial charge on any atom is -0.339 e. The van der Waals surface area contributed by atoms with Gasteiger partial charge in [0.15, 0.2) is 11.1 Å². The van der Waals surface area contributed by atoms with Gasteiger partial charge in [-0.1, -0.05) is 12.1 Å².